The summed E-state index contributed by atoms with van der Waals surface area (Å²) in [7, 11) is 0. The number of aryl methyl sites for hydroxylation is 2. The first-order valence-electron chi connectivity index (χ1n) is 9.93. The van der Waals surface area contributed by atoms with Crippen LogP contribution in [0.1, 0.15) is 55.3 Å². The van der Waals surface area contributed by atoms with E-state index >= 15 is 0 Å². The van der Waals surface area contributed by atoms with Crippen LogP contribution in [0.4, 0.5) is 5.69 Å². The third kappa shape index (κ3) is 4.93. The van der Waals surface area contributed by atoms with Crippen LogP contribution in [0.3, 0.4) is 0 Å². The topological polar surface area (TPSA) is 55.4 Å². The molecular weight excluding hydrogens is 382 g/mol. The second kappa shape index (κ2) is 9.05. The zero-order valence-corrected chi connectivity index (χ0v) is 17.0. The smallest absolute Gasteiger partial charge is 0.348 e. The Hall–Kier alpha value is -2.92. The lowest BCUT2D eigenvalue weighted by molar-refractivity contribution is 0.0478. The van der Waals surface area contributed by atoms with Crippen molar-refractivity contribution >= 4 is 28.9 Å². The van der Waals surface area contributed by atoms with E-state index in [1.807, 2.05) is 48.5 Å². The molecule has 0 radical (unpaired) electrons. The number of esters is 1. The number of nitrogens with one attached hydrogen (secondary N) is 1. The van der Waals surface area contributed by atoms with Crippen molar-refractivity contribution in [1.82, 2.24) is 0 Å². The Labute approximate surface area is 174 Å². The Morgan fingerprint density at radius 3 is 2.48 bits per heavy atom. The Morgan fingerprint density at radius 1 is 0.931 bits per heavy atom. The first-order chi connectivity index (χ1) is 14.2. The maximum atomic E-state index is 12.4. The molecule has 4 rings (SSSR count). The summed E-state index contributed by atoms with van der Waals surface area (Å²) >= 11 is 1.57. The van der Waals surface area contributed by atoms with Crippen molar-refractivity contribution in [2.24, 2.45) is 0 Å². The van der Waals surface area contributed by atoms with Crippen molar-refractivity contribution < 1.29 is 14.3 Å². The lowest BCUT2D eigenvalue weighted by atomic mass is 10.1. The molecule has 1 aromatic heterocycles. The lowest BCUT2D eigenvalue weighted by Crippen LogP contribution is -2.11. The Kier molecular flexibility index (Phi) is 6.06. The molecule has 0 saturated carbocycles. The molecule has 29 heavy (non-hydrogen) atoms. The highest BCUT2D eigenvalue weighted by atomic mass is 32.1. The van der Waals surface area contributed by atoms with E-state index in [0.717, 1.165) is 24.1 Å². The van der Waals surface area contributed by atoms with Gasteiger partial charge in [-0.05, 0) is 67.1 Å². The van der Waals surface area contributed by atoms with Gasteiger partial charge in [-0.2, -0.15) is 0 Å². The van der Waals surface area contributed by atoms with Gasteiger partial charge in [-0.15, -0.1) is 11.3 Å². The van der Waals surface area contributed by atoms with E-state index in [0.29, 0.717) is 10.4 Å². The summed E-state index contributed by atoms with van der Waals surface area (Å²) in [4.78, 5) is 26.8. The van der Waals surface area contributed by atoms with Gasteiger partial charge in [0.05, 0.1) is 0 Å². The average molecular weight is 406 g/mol. The van der Waals surface area contributed by atoms with Gasteiger partial charge < -0.3 is 10.1 Å². The molecular formula is C24H23NO3S. The van der Waals surface area contributed by atoms with Crippen molar-refractivity contribution in [3.05, 3.63) is 87.1 Å². The molecule has 0 saturated heterocycles. The van der Waals surface area contributed by atoms with E-state index in [-0.39, 0.29) is 18.5 Å². The number of hydrogen-bond acceptors (Lipinski definition) is 4. The quantitative estimate of drug-likeness (QED) is 0.442. The Bertz CT molecular complexity index is 969. The summed E-state index contributed by atoms with van der Waals surface area (Å²) in [5, 5.41) is 2.85. The van der Waals surface area contributed by atoms with Crippen LogP contribution < -0.4 is 5.32 Å². The highest BCUT2D eigenvalue weighted by molar-refractivity contribution is 7.14. The van der Waals surface area contributed by atoms with Crippen LogP contribution >= 0.6 is 11.3 Å². The molecule has 0 unspecified atom stereocenters. The molecule has 1 amide bonds. The molecule has 1 aliphatic rings. The van der Waals surface area contributed by atoms with Crippen molar-refractivity contribution in [2.75, 3.05) is 5.32 Å². The summed E-state index contributed by atoms with van der Waals surface area (Å²) in [5.41, 5.74) is 3.48. The zero-order chi connectivity index (χ0) is 20.1. The van der Waals surface area contributed by atoms with Crippen molar-refractivity contribution in [1.29, 1.82) is 0 Å². The molecule has 0 aliphatic heterocycles. The molecule has 2 aromatic carbocycles. The monoisotopic (exact) mass is 405 g/mol. The number of hydrogen-bond donors (Lipinski definition) is 1. The molecule has 1 heterocycles. The number of para-hydroxylation sites is 1. The van der Waals surface area contributed by atoms with Crippen molar-refractivity contribution in [2.45, 2.75) is 38.7 Å². The standard InChI is InChI=1S/C24H23NO3S/c26-23(25-20-8-4-2-5-9-20)18-13-11-17(12-14-18)16-28-24(27)22-15-19-7-3-1-6-10-21(19)29-22/h2,4-5,8-9,11-15H,1,3,6-7,10,16H2,(H,25,26). The van der Waals surface area contributed by atoms with E-state index < -0.39 is 0 Å². The average Bonchev–Trinajstić information content (AvgIpc) is 3.03. The van der Waals surface area contributed by atoms with E-state index in [1.54, 1.807) is 23.5 Å². The van der Waals surface area contributed by atoms with Crippen LogP contribution in [0.5, 0.6) is 0 Å². The van der Waals surface area contributed by atoms with E-state index in [4.69, 9.17) is 4.74 Å². The number of carbonyl (C=O) groups excluding carboxylic acids is 2. The normalized spacial score (nSPS) is 13.2. The van der Waals surface area contributed by atoms with Gasteiger partial charge in [-0.1, -0.05) is 36.8 Å². The third-order valence-electron chi connectivity index (χ3n) is 5.07. The van der Waals surface area contributed by atoms with Gasteiger partial charge in [0.15, 0.2) is 0 Å². The van der Waals surface area contributed by atoms with Crippen LogP contribution in [0, 0.1) is 0 Å². The number of amides is 1. The number of benzene rings is 2. The Balaban J connectivity index is 1.33. The molecule has 5 heteroatoms. The predicted molar refractivity (Wildman–Crippen MR) is 116 cm³/mol. The number of carbonyl (C=O) groups is 2. The van der Waals surface area contributed by atoms with Gasteiger partial charge in [0.1, 0.15) is 11.5 Å². The van der Waals surface area contributed by atoms with Gasteiger partial charge >= 0.3 is 5.97 Å². The molecule has 0 fully saturated rings. The minimum Gasteiger partial charge on any atom is -0.457 e. The van der Waals surface area contributed by atoms with Crippen LogP contribution in [0.2, 0.25) is 0 Å². The van der Waals surface area contributed by atoms with Crippen molar-refractivity contribution in [3.8, 4) is 0 Å². The third-order valence-corrected chi connectivity index (χ3v) is 6.28. The molecule has 0 atom stereocenters. The molecule has 4 nitrogen and oxygen atoms in total. The maximum absolute atomic E-state index is 12.4. The van der Waals surface area contributed by atoms with Crippen LogP contribution in [0.25, 0.3) is 0 Å². The number of thiophene rings is 1. The first-order valence-corrected chi connectivity index (χ1v) is 10.7. The van der Waals surface area contributed by atoms with Crippen LogP contribution in [0.15, 0.2) is 60.7 Å². The van der Waals surface area contributed by atoms with Gasteiger partial charge in [0, 0.05) is 16.1 Å². The summed E-state index contributed by atoms with van der Waals surface area (Å²) in [6.07, 6.45) is 5.79. The van der Waals surface area contributed by atoms with E-state index in [9.17, 15) is 9.59 Å². The predicted octanol–water partition coefficient (Wildman–Crippen LogP) is 5.63. The summed E-state index contributed by atoms with van der Waals surface area (Å²) in [5.74, 6) is -0.436. The van der Waals surface area contributed by atoms with E-state index in [2.05, 4.69) is 5.32 Å². The number of ether oxygens (including phenoxy) is 1. The minimum absolute atomic E-state index is 0.167. The molecule has 0 bridgehead atoms. The van der Waals surface area contributed by atoms with Crippen LogP contribution in [-0.4, -0.2) is 11.9 Å². The molecule has 1 N–H and O–H groups in total. The maximum Gasteiger partial charge on any atom is 0.348 e. The largest absolute Gasteiger partial charge is 0.457 e. The van der Waals surface area contributed by atoms with Gasteiger partial charge in [0.25, 0.3) is 5.91 Å². The van der Waals surface area contributed by atoms with Gasteiger partial charge in [0.2, 0.25) is 0 Å². The molecule has 0 spiro atoms. The molecule has 3 aromatic rings. The fraction of sp³-hybridized carbons (Fsp3) is 0.250. The second-order valence-electron chi connectivity index (χ2n) is 7.21. The second-order valence-corrected chi connectivity index (χ2v) is 8.35. The van der Waals surface area contributed by atoms with Gasteiger partial charge in [-0.3, -0.25) is 4.79 Å². The molecule has 148 valence electrons. The zero-order valence-electron chi connectivity index (χ0n) is 16.1. The Morgan fingerprint density at radius 2 is 1.69 bits per heavy atom. The van der Waals surface area contributed by atoms with Crippen molar-refractivity contribution in [3.63, 3.8) is 0 Å². The SMILES string of the molecule is O=C(Nc1ccccc1)c1ccc(COC(=O)c2cc3c(s2)CCCCC3)cc1. The number of anilines is 1. The highest BCUT2D eigenvalue weighted by Gasteiger charge is 2.17. The van der Waals surface area contributed by atoms with Gasteiger partial charge in [-0.25, -0.2) is 4.79 Å². The van der Waals surface area contributed by atoms with E-state index in [1.165, 1.54) is 29.7 Å². The fourth-order valence-electron chi connectivity index (χ4n) is 3.47. The first kappa shape index (κ1) is 19.4. The highest BCUT2D eigenvalue weighted by Crippen LogP contribution is 2.29. The van der Waals surface area contributed by atoms with Crippen LogP contribution in [-0.2, 0) is 24.2 Å². The lowest BCUT2D eigenvalue weighted by Gasteiger charge is -2.07. The molecule has 1 aliphatic carbocycles. The fourth-order valence-corrected chi connectivity index (χ4v) is 4.61. The number of rotatable bonds is 5. The minimum atomic E-state index is -0.269. The summed E-state index contributed by atoms with van der Waals surface area (Å²) in [6.45, 7) is 0.196. The summed E-state index contributed by atoms with van der Waals surface area (Å²) in [6, 6.07) is 18.5. The summed E-state index contributed by atoms with van der Waals surface area (Å²) < 4.78 is 5.49. The number of fused-ring (bicyclic) bond motifs is 1.